The summed E-state index contributed by atoms with van der Waals surface area (Å²) in [6.07, 6.45) is 1.32. The predicted octanol–water partition coefficient (Wildman–Crippen LogP) is 5.05. The fourth-order valence-electron chi connectivity index (χ4n) is 4.07. The molecule has 0 radical (unpaired) electrons. The molecule has 8 heteroatoms. The number of nitrogens with two attached hydrogens (primary N) is 1. The second-order valence-electron chi connectivity index (χ2n) is 8.05. The first-order valence-corrected chi connectivity index (χ1v) is 11.8. The molecule has 0 saturated heterocycles. The molecule has 34 heavy (non-hydrogen) atoms. The van der Waals surface area contributed by atoms with Gasteiger partial charge in [-0.05, 0) is 79.0 Å². The number of urea groups is 1. The zero-order chi connectivity index (χ0) is 24.1. The molecule has 4 rings (SSSR count). The van der Waals surface area contributed by atoms with Crippen molar-refractivity contribution in [2.45, 2.75) is 18.9 Å². The van der Waals surface area contributed by atoms with Crippen molar-refractivity contribution in [3.05, 3.63) is 93.5 Å². The van der Waals surface area contributed by atoms with E-state index in [9.17, 15) is 9.59 Å². The zero-order valence-corrected chi connectivity index (χ0v) is 20.0. The Kier molecular flexibility index (Phi) is 7.26. The normalized spacial score (nSPS) is 14.8. The lowest BCUT2D eigenvalue weighted by molar-refractivity contribution is 0.0646. The maximum absolute atomic E-state index is 13.5. The molecule has 0 aliphatic carbocycles. The van der Waals surface area contributed by atoms with E-state index >= 15 is 0 Å². The zero-order valence-electron chi connectivity index (χ0n) is 18.4. The SMILES string of the molecule is N#Cc1ccc(C2Cc3ccc(NC(=O)Nc4ccc(Br)cc4)cc3C(=O)N2CCCN)cc1. The van der Waals surface area contributed by atoms with Crippen LogP contribution in [0.1, 0.15) is 39.5 Å². The highest BCUT2D eigenvalue weighted by Crippen LogP contribution is 2.34. The Balaban J connectivity index is 1.56. The molecule has 0 aromatic heterocycles. The second kappa shape index (κ2) is 10.5. The van der Waals surface area contributed by atoms with Crippen LogP contribution in [0.4, 0.5) is 16.2 Å². The van der Waals surface area contributed by atoms with Crippen LogP contribution in [-0.4, -0.2) is 29.9 Å². The molecule has 3 aromatic rings. The summed E-state index contributed by atoms with van der Waals surface area (Å²) in [6.45, 7) is 1.01. The Morgan fingerprint density at radius 2 is 1.74 bits per heavy atom. The van der Waals surface area contributed by atoms with Crippen LogP contribution < -0.4 is 16.4 Å². The van der Waals surface area contributed by atoms with Crippen LogP contribution in [0.2, 0.25) is 0 Å². The highest BCUT2D eigenvalue weighted by atomic mass is 79.9. The highest BCUT2D eigenvalue weighted by molar-refractivity contribution is 9.10. The van der Waals surface area contributed by atoms with Crippen LogP contribution in [0, 0.1) is 11.3 Å². The Hall–Kier alpha value is -3.67. The molecule has 1 heterocycles. The fourth-order valence-corrected chi connectivity index (χ4v) is 4.33. The lowest BCUT2D eigenvalue weighted by Gasteiger charge is -2.37. The van der Waals surface area contributed by atoms with E-state index in [-0.39, 0.29) is 18.0 Å². The number of benzene rings is 3. The van der Waals surface area contributed by atoms with E-state index in [1.165, 1.54) is 0 Å². The number of halogens is 1. The van der Waals surface area contributed by atoms with Gasteiger partial charge in [0.05, 0.1) is 17.7 Å². The Morgan fingerprint density at radius 1 is 1.06 bits per heavy atom. The first kappa shape index (κ1) is 23.5. The lowest BCUT2D eigenvalue weighted by atomic mass is 9.88. The monoisotopic (exact) mass is 517 g/mol. The quantitative estimate of drug-likeness (QED) is 0.424. The number of carbonyl (C=O) groups is 2. The van der Waals surface area contributed by atoms with Gasteiger partial charge in [0.25, 0.3) is 5.91 Å². The van der Waals surface area contributed by atoms with Crippen LogP contribution in [0.15, 0.2) is 71.2 Å². The van der Waals surface area contributed by atoms with Crippen LogP contribution in [0.25, 0.3) is 0 Å². The largest absolute Gasteiger partial charge is 0.331 e. The second-order valence-corrected chi connectivity index (χ2v) is 8.97. The van der Waals surface area contributed by atoms with Gasteiger partial charge in [0, 0.05) is 28.0 Å². The highest BCUT2D eigenvalue weighted by Gasteiger charge is 2.33. The van der Waals surface area contributed by atoms with E-state index in [2.05, 4.69) is 32.6 Å². The van der Waals surface area contributed by atoms with Crippen molar-refractivity contribution >= 4 is 39.2 Å². The molecule has 4 N–H and O–H groups in total. The summed E-state index contributed by atoms with van der Waals surface area (Å²) < 4.78 is 0.921. The summed E-state index contributed by atoms with van der Waals surface area (Å²) >= 11 is 3.37. The van der Waals surface area contributed by atoms with Gasteiger partial charge < -0.3 is 21.3 Å². The standard InChI is InChI=1S/C26H24BrN5O2/c27-20-7-10-21(11-8-20)30-26(34)31-22-9-6-19-14-24(18-4-2-17(16-29)3-5-18)32(13-1-12-28)25(33)23(19)15-22/h2-11,15,24H,1,12-14,28H2,(H2,30,31,34). The summed E-state index contributed by atoms with van der Waals surface area (Å²) in [6, 6.07) is 21.6. The van der Waals surface area contributed by atoms with E-state index in [1.54, 1.807) is 36.4 Å². The summed E-state index contributed by atoms with van der Waals surface area (Å²) in [5.41, 5.74) is 9.98. The van der Waals surface area contributed by atoms with Crippen LogP contribution in [0.3, 0.4) is 0 Å². The minimum Gasteiger partial charge on any atom is -0.331 e. The van der Waals surface area contributed by atoms with E-state index in [0.717, 1.165) is 15.6 Å². The number of rotatable bonds is 6. The molecule has 1 aliphatic heterocycles. The van der Waals surface area contributed by atoms with E-state index in [4.69, 9.17) is 11.0 Å². The minimum atomic E-state index is -0.388. The number of hydrogen-bond acceptors (Lipinski definition) is 4. The van der Waals surface area contributed by atoms with Gasteiger partial charge in [-0.25, -0.2) is 4.79 Å². The first-order valence-electron chi connectivity index (χ1n) is 11.0. The van der Waals surface area contributed by atoms with Gasteiger partial charge in [0.1, 0.15) is 0 Å². The summed E-state index contributed by atoms with van der Waals surface area (Å²) in [4.78, 5) is 27.8. The van der Waals surface area contributed by atoms with Crippen molar-refractivity contribution < 1.29 is 9.59 Å². The maximum atomic E-state index is 13.5. The maximum Gasteiger partial charge on any atom is 0.323 e. The van der Waals surface area contributed by atoms with Gasteiger partial charge in [0.15, 0.2) is 0 Å². The molecule has 0 saturated carbocycles. The van der Waals surface area contributed by atoms with E-state index < -0.39 is 0 Å². The molecule has 1 aliphatic rings. The van der Waals surface area contributed by atoms with Crippen LogP contribution in [0.5, 0.6) is 0 Å². The molecule has 1 unspecified atom stereocenters. The summed E-state index contributed by atoms with van der Waals surface area (Å²) in [5.74, 6) is -0.0963. The van der Waals surface area contributed by atoms with Crippen molar-refractivity contribution in [1.29, 1.82) is 5.26 Å². The van der Waals surface area contributed by atoms with Gasteiger partial charge >= 0.3 is 6.03 Å². The van der Waals surface area contributed by atoms with E-state index in [1.807, 2.05) is 35.2 Å². The molecule has 0 fully saturated rings. The van der Waals surface area contributed by atoms with Gasteiger partial charge in [-0.2, -0.15) is 5.26 Å². The van der Waals surface area contributed by atoms with Crippen LogP contribution in [-0.2, 0) is 6.42 Å². The molecule has 0 bridgehead atoms. The molecule has 3 aromatic carbocycles. The molecule has 7 nitrogen and oxygen atoms in total. The fraction of sp³-hybridized carbons (Fsp3) is 0.192. The average molecular weight is 518 g/mol. The Labute approximate surface area is 206 Å². The number of fused-ring (bicyclic) bond motifs is 1. The van der Waals surface area contributed by atoms with Gasteiger partial charge in [-0.15, -0.1) is 0 Å². The summed E-state index contributed by atoms with van der Waals surface area (Å²) in [7, 11) is 0. The molecule has 0 spiro atoms. The number of nitriles is 1. The van der Waals surface area contributed by atoms with Crippen molar-refractivity contribution in [1.82, 2.24) is 4.90 Å². The predicted molar refractivity (Wildman–Crippen MR) is 136 cm³/mol. The topological polar surface area (TPSA) is 111 Å². The molecule has 1 atom stereocenters. The van der Waals surface area contributed by atoms with Crippen molar-refractivity contribution in [3.8, 4) is 6.07 Å². The number of anilines is 2. The first-order chi connectivity index (χ1) is 16.5. The van der Waals surface area contributed by atoms with E-state index in [0.29, 0.717) is 48.4 Å². The lowest BCUT2D eigenvalue weighted by Crippen LogP contribution is -2.41. The van der Waals surface area contributed by atoms with Crippen LogP contribution >= 0.6 is 15.9 Å². The number of nitrogens with one attached hydrogen (secondary N) is 2. The average Bonchev–Trinajstić information content (AvgIpc) is 2.85. The third kappa shape index (κ3) is 5.28. The Bertz CT molecular complexity index is 1240. The molecule has 172 valence electrons. The smallest absolute Gasteiger partial charge is 0.323 e. The number of carbonyl (C=O) groups excluding carboxylic acids is 2. The van der Waals surface area contributed by atoms with Crippen molar-refractivity contribution in [3.63, 3.8) is 0 Å². The van der Waals surface area contributed by atoms with Gasteiger partial charge in [-0.1, -0.05) is 34.1 Å². The minimum absolute atomic E-state index is 0.0963. The van der Waals surface area contributed by atoms with Gasteiger partial charge in [0.2, 0.25) is 0 Å². The molecular formula is C26H24BrN5O2. The number of hydrogen-bond donors (Lipinski definition) is 3. The van der Waals surface area contributed by atoms with Crippen molar-refractivity contribution in [2.75, 3.05) is 23.7 Å². The summed E-state index contributed by atoms with van der Waals surface area (Å²) in [5, 5.41) is 14.7. The molecule has 3 amide bonds. The van der Waals surface area contributed by atoms with Gasteiger partial charge in [-0.3, -0.25) is 4.79 Å². The number of amides is 3. The Morgan fingerprint density at radius 3 is 2.41 bits per heavy atom. The third-order valence-corrected chi connectivity index (χ3v) is 6.31. The number of nitrogens with zero attached hydrogens (tertiary/aromatic N) is 2. The molecular weight excluding hydrogens is 494 g/mol. The third-order valence-electron chi connectivity index (χ3n) is 5.78. The van der Waals surface area contributed by atoms with Crippen molar-refractivity contribution in [2.24, 2.45) is 5.73 Å².